The monoisotopic (exact) mass is 197 g/mol. The molecule has 0 saturated carbocycles. The van der Waals surface area contributed by atoms with Crippen molar-refractivity contribution in [1.29, 1.82) is 0 Å². The molecule has 0 fully saturated rings. The molecule has 0 bridgehead atoms. The Morgan fingerprint density at radius 2 is 1.54 bits per heavy atom. The zero-order valence-electron chi connectivity index (χ0n) is 8.70. The molecule has 0 heterocycles. The molecular weight excluding hydrogens is 179 g/mol. The van der Waals surface area contributed by atoms with Gasteiger partial charge in [0.2, 0.25) is 0 Å². The van der Waals surface area contributed by atoms with E-state index in [-0.39, 0.29) is 6.54 Å². The standard InChI is InChI=1S/C9H18F3N/c1-5-7-13(9(10,11)12)8(3,4)6-2/h5-7H2,1-4H3. The van der Waals surface area contributed by atoms with E-state index in [2.05, 4.69) is 0 Å². The van der Waals surface area contributed by atoms with E-state index in [0.29, 0.717) is 17.7 Å². The summed E-state index contributed by atoms with van der Waals surface area (Å²) < 4.78 is 37.5. The van der Waals surface area contributed by atoms with Gasteiger partial charge in [0, 0.05) is 12.1 Å². The molecule has 0 atom stereocenters. The predicted molar refractivity (Wildman–Crippen MR) is 47.4 cm³/mol. The largest absolute Gasteiger partial charge is 0.460 e. The van der Waals surface area contributed by atoms with Crippen LogP contribution in [-0.4, -0.2) is 23.3 Å². The summed E-state index contributed by atoms with van der Waals surface area (Å²) in [6.45, 7) is 6.84. The van der Waals surface area contributed by atoms with Gasteiger partial charge in [-0.15, -0.1) is 0 Å². The van der Waals surface area contributed by atoms with E-state index < -0.39 is 11.8 Å². The van der Waals surface area contributed by atoms with Crippen LogP contribution >= 0.6 is 0 Å². The number of alkyl halides is 3. The lowest BCUT2D eigenvalue weighted by atomic mass is 9.99. The molecular formula is C9H18F3N. The van der Waals surface area contributed by atoms with Gasteiger partial charge in [-0.25, -0.2) is 4.90 Å². The van der Waals surface area contributed by atoms with Crippen molar-refractivity contribution in [2.75, 3.05) is 6.54 Å². The van der Waals surface area contributed by atoms with Gasteiger partial charge in [0.05, 0.1) is 0 Å². The topological polar surface area (TPSA) is 3.24 Å². The molecule has 0 aliphatic rings. The normalized spacial score (nSPS) is 13.8. The highest BCUT2D eigenvalue weighted by Gasteiger charge is 2.44. The van der Waals surface area contributed by atoms with E-state index in [9.17, 15) is 13.2 Å². The molecule has 0 unspecified atom stereocenters. The molecule has 1 nitrogen and oxygen atoms in total. The SMILES string of the molecule is CCCN(C(F)(F)F)C(C)(C)CC. The second-order valence-corrected chi connectivity index (χ2v) is 3.79. The van der Waals surface area contributed by atoms with Crippen LogP contribution in [0, 0.1) is 0 Å². The lowest BCUT2D eigenvalue weighted by Gasteiger charge is -2.38. The first-order chi connectivity index (χ1) is 5.75. The van der Waals surface area contributed by atoms with Crippen molar-refractivity contribution in [2.24, 2.45) is 0 Å². The van der Waals surface area contributed by atoms with E-state index in [1.807, 2.05) is 0 Å². The van der Waals surface area contributed by atoms with Crippen LogP contribution in [0.2, 0.25) is 0 Å². The summed E-state index contributed by atoms with van der Waals surface area (Å²) in [6, 6.07) is 0. The van der Waals surface area contributed by atoms with E-state index >= 15 is 0 Å². The molecule has 0 spiro atoms. The molecule has 80 valence electrons. The van der Waals surface area contributed by atoms with Crippen molar-refractivity contribution >= 4 is 0 Å². The zero-order valence-corrected chi connectivity index (χ0v) is 8.70. The first-order valence-corrected chi connectivity index (χ1v) is 4.60. The highest BCUT2D eigenvalue weighted by Crippen LogP contribution is 2.31. The van der Waals surface area contributed by atoms with E-state index in [1.165, 1.54) is 0 Å². The van der Waals surface area contributed by atoms with Crippen LogP contribution in [-0.2, 0) is 0 Å². The van der Waals surface area contributed by atoms with Crippen LogP contribution in [0.4, 0.5) is 13.2 Å². The molecule has 13 heavy (non-hydrogen) atoms. The average Bonchev–Trinajstić information content (AvgIpc) is 1.98. The fraction of sp³-hybridized carbons (Fsp3) is 1.00. The van der Waals surface area contributed by atoms with E-state index in [4.69, 9.17) is 0 Å². The van der Waals surface area contributed by atoms with Crippen molar-refractivity contribution in [3.63, 3.8) is 0 Å². The molecule has 0 aromatic carbocycles. The number of hydrogen-bond acceptors (Lipinski definition) is 1. The Labute approximate surface area is 77.9 Å². The maximum absolute atomic E-state index is 12.5. The van der Waals surface area contributed by atoms with E-state index in [0.717, 1.165) is 0 Å². The smallest absolute Gasteiger partial charge is 0.209 e. The second kappa shape index (κ2) is 4.31. The zero-order chi connectivity index (χ0) is 10.7. The summed E-state index contributed by atoms with van der Waals surface area (Å²) in [5.74, 6) is 0. The molecule has 0 aromatic heterocycles. The summed E-state index contributed by atoms with van der Waals surface area (Å²) >= 11 is 0. The third-order valence-electron chi connectivity index (χ3n) is 2.35. The summed E-state index contributed by atoms with van der Waals surface area (Å²) in [7, 11) is 0. The van der Waals surface area contributed by atoms with Gasteiger partial charge < -0.3 is 0 Å². The van der Waals surface area contributed by atoms with Gasteiger partial charge in [-0.05, 0) is 26.7 Å². The summed E-state index contributed by atoms with van der Waals surface area (Å²) in [5, 5.41) is 0. The maximum Gasteiger partial charge on any atom is 0.460 e. The van der Waals surface area contributed by atoms with Crippen LogP contribution in [0.25, 0.3) is 0 Å². The lowest BCUT2D eigenvalue weighted by Crippen LogP contribution is -2.52. The predicted octanol–water partition coefficient (Wildman–Crippen LogP) is 3.41. The molecule has 0 aliphatic carbocycles. The molecule has 0 amide bonds. The summed E-state index contributed by atoms with van der Waals surface area (Å²) in [6.07, 6.45) is -3.20. The quantitative estimate of drug-likeness (QED) is 0.624. The average molecular weight is 197 g/mol. The van der Waals surface area contributed by atoms with Crippen LogP contribution in [0.5, 0.6) is 0 Å². The Bertz CT molecular complexity index is 151. The minimum absolute atomic E-state index is 0.0737. The van der Waals surface area contributed by atoms with Crippen molar-refractivity contribution in [1.82, 2.24) is 4.90 Å². The molecule has 0 N–H and O–H groups in total. The number of rotatable bonds is 4. The van der Waals surface area contributed by atoms with Crippen molar-refractivity contribution in [2.45, 2.75) is 52.4 Å². The summed E-state index contributed by atoms with van der Waals surface area (Å²) in [4.78, 5) is 0.611. The first kappa shape index (κ1) is 12.8. The van der Waals surface area contributed by atoms with Gasteiger partial charge in [-0.2, -0.15) is 13.2 Å². The van der Waals surface area contributed by atoms with Gasteiger partial charge in [0.1, 0.15) is 0 Å². The first-order valence-electron chi connectivity index (χ1n) is 4.60. The molecule has 0 saturated heterocycles. The Balaban J connectivity index is 4.60. The van der Waals surface area contributed by atoms with Crippen molar-refractivity contribution in [3.8, 4) is 0 Å². The van der Waals surface area contributed by atoms with Gasteiger partial charge >= 0.3 is 6.30 Å². The van der Waals surface area contributed by atoms with Gasteiger partial charge in [0.15, 0.2) is 0 Å². The number of hydrogen-bond donors (Lipinski definition) is 0. The number of halogens is 3. The molecule has 4 heteroatoms. The van der Waals surface area contributed by atoms with Gasteiger partial charge in [0.25, 0.3) is 0 Å². The Kier molecular flexibility index (Phi) is 4.23. The second-order valence-electron chi connectivity index (χ2n) is 3.79. The van der Waals surface area contributed by atoms with Gasteiger partial charge in [-0.1, -0.05) is 13.8 Å². The van der Waals surface area contributed by atoms with Crippen LogP contribution in [0.3, 0.4) is 0 Å². The molecule has 0 rings (SSSR count). The Hall–Kier alpha value is -0.250. The minimum Gasteiger partial charge on any atom is -0.209 e. The Morgan fingerprint density at radius 1 is 1.08 bits per heavy atom. The van der Waals surface area contributed by atoms with Crippen molar-refractivity contribution in [3.05, 3.63) is 0 Å². The fourth-order valence-electron chi connectivity index (χ4n) is 1.19. The van der Waals surface area contributed by atoms with Gasteiger partial charge in [-0.3, -0.25) is 0 Å². The Morgan fingerprint density at radius 3 is 1.77 bits per heavy atom. The molecule has 0 aliphatic heterocycles. The molecule has 0 radical (unpaired) electrons. The molecule has 0 aromatic rings. The summed E-state index contributed by atoms with van der Waals surface area (Å²) in [5.41, 5.74) is -0.797. The van der Waals surface area contributed by atoms with Crippen LogP contribution in [0.15, 0.2) is 0 Å². The third kappa shape index (κ3) is 3.55. The maximum atomic E-state index is 12.5. The van der Waals surface area contributed by atoms with Crippen LogP contribution < -0.4 is 0 Å². The third-order valence-corrected chi connectivity index (χ3v) is 2.35. The van der Waals surface area contributed by atoms with Crippen LogP contribution in [0.1, 0.15) is 40.5 Å². The lowest BCUT2D eigenvalue weighted by molar-refractivity contribution is -0.273. The van der Waals surface area contributed by atoms with E-state index in [1.54, 1.807) is 27.7 Å². The van der Waals surface area contributed by atoms with Crippen molar-refractivity contribution < 1.29 is 13.2 Å². The number of nitrogens with zero attached hydrogens (tertiary/aromatic N) is 1. The fourth-order valence-corrected chi connectivity index (χ4v) is 1.19. The highest BCUT2D eigenvalue weighted by molar-refractivity contribution is 4.81. The highest BCUT2D eigenvalue weighted by atomic mass is 19.4. The minimum atomic E-state index is -4.21.